The summed E-state index contributed by atoms with van der Waals surface area (Å²) in [5.41, 5.74) is 0.134. The molecule has 0 unspecified atom stereocenters. The van der Waals surface area contributed by atoms with E-state index in [9.17, 15) is 10.1 Å². The van der Waals surface area contributed by atoms with E-state index in [1.807, 2.05) is 0 Å². The summed E-state index contributed by atoms with van der Waals surface area (Å²) in [5, 5.41) is 14.2. The standard InChI is InChI=1S/C8H4NO2S/c10-9(11)7-1-2-8-6(5-7)3-4-12-8/h1-3,5H. The van der Waals surface area contributed by atoms with Crippen LogP contribution in [0.15, 0.2) is 24.3 Å². The fourth-order valence-electron chi connectivity index (χ4n) is 1.01. The lowest BCUT2D eigenvalue weighted by molar-refractivity contribution is -0.384. The molecule has 2 aromatic rings. The topological polar surface area (TPSA) is 43.1 Å². The Bertz CT molecular complexity index is 435. The van der Waals surface area contributed by atoms with Crippen molar-refractivity contribution in [2.45, 2.75) is 0 Å². The van der Waals surface area contributed by atoms with Gasteiger partial charge in [0.2, 0.25) is 0 Å². The molecule has 0 N–H and O–H groups in total. The zero-order valence-corrected chi connectivity index (χ0v) is 6.80. The number of non-ortho nitro benzene ring substituents is 1. The highest BCUT2D eigenvalue weighted by Crippen LogP contribution is 2.24. The zero-order chi connectivity index (χ0) is 8.55. The van der Waals surface area contributed by atoms with E-state index in [0.717, 1.165) is 10.1 Å². The van der Waals surface area contributed by atoms with Crippen LogP contribution in [0.3, 0.4) is 0 Å². The average Bonchev–Trinajstić information content (AvgIpc) is 2.49. The number of nitro benzene ring substituents is 1. The van der Waals surface area contributed by atoms with Gasteiger partial charge in [0.05, 0.1) is 4.92 Å². The summed E-state index contributed by atoms with van der Waals surface area (Å²) < 4.78 is 1.03. The average molecular weight is 178 g/mol. The van der Waals surface area contributed by atoms with Crippen LogP contribution in [0.5, 0.6) is 0 Å². The Hall–Kier alpha value is -1.42. The van der Waals surface area contributed by atoms with Crippen LogP contribution in [-0.4, -0.2) is 4.92 Å². The van der Waals surface area contributed by atoms with E-state index in [2.05, 4.69) is 5.38 Å². The smallest absolute Gasteiger partial charge is 0.258 e. The fraction of sp³-hybridized carbons (Fsp3) is 0. The van der Waals surface area contributed by atoms with Crippen LogP contribution in [-0.2, 0) is 0 Å². The Kier molecular flexibility index (Phi) is 1.55. The second-order valence-corrected chi connectivity index (χ2v) is 3.22. The number of thiophene rings is 1. The quantitative estimate of drug-likeness (QED) is 0.497. The van der Waals surface area contributed by atoms with Crippen LogP contribution in [0.4, 0.5) is 5.69 Å². The summed E-state index contributed by atoms with van der Waals surface area (Å²) >= 11 is 1.46. The summed E-state index contributed by atoms with van der Waals surface area (Å²) in [6.07, 6.45) is 0. The lowest BCUT2D eigenvalue weighted by atomic mass is 10.2. The highest BCUT2D eigenvalue weighted by Gasteiger charge is 2.05. The summed E-state index contributed by atoms with van der Waals surface area (Å²) in [6.45, 7) is 0. The minimum absolute atomic E-state index is 0.134. The molecule has 1 radical (unpaired) electrons. The van der Waals surface area contributed by atoms with E-state index < -0.39 is 4.92 Å². The summed E-state index contributed by atoms with van der Waals surface area (Å²) in [6, 6.07) is 6.57. The zero-order valence-electron chi connectivity index (χ0n) is 5.98. The predicted molar refractivity (Wildman–Crippen MR) is 47.3 cm³/mol. The number of benzene rings is 1. The molecule has 0 aliphatic heterocycles. The van der Waals surface area contributed by atoms with Crippen molar-refractivity contribution < 1.29 is 4.92 Å². The van der Waals surface area contributed by atoms with E-state index in [-0.39, 0.29) is 5.69 Å². The van der Waals surface area contributed by atoms with Gasteiger partial charge >= 0.3 is 0 Å². The SMILES string of the molecule is O=[N+]([O-])c1ccc2s[c]cc2c1. The fourth-order valence-corrected chi connectivity index (χ4v) is 1.70. The van der Waals surface area contributed by atoms with Gasteiger partial charge in [-0.05, 0) is 17.5 Å². The lowest BCUT2D eigenvalue weighted by Gasteiger charge is -1.89. The van der Waals surface area contributed by atoms with Crippen molar-refractivity contribution in [1.82, 2.24) is 0 Å². The van der Waals surface area contributed by atoms with Crippen molar-refractivity contribution in [3.8, 4) is 0 Å². The molecule has 4 heteroatoms. The maximum Gasteiger partial charge on any atom is 0.270 e. The second-order valence-electron chi connectivity index (χ2n) is 2.34. The van der Waals surface area contributed by atoms with Gasteiger partial charge < -0.3 is 0 Å². The highest BCUT2D eigenvalue weighted by atomic mass is 32.1. The van der Waals surface area contributed by atoms with Crippen molar-refractivity contribution in [2.75, 3.05) is 0 Å². The number of nitrogens with zero attached hydrogens (tertiary/aromatic N) is 1. The lowest BCUT2D eigenvalue weighted by Crippen LogP contribution is -1.85. The largest absolute Gasteiger partial charge is 0.270 e. The normalized spacial score (nSPS) is 10.3. The maximum absolute atomic E-state index is 10.4. The first-order valence-electron chi connectivity index (χ1n) is 3.31. The Morgan fingerprint density at radius 3 is 3.08 bits per heavy atom. The molecule has 12 heavy (non-hydrogen) atoms. The number of rotatable bonds is 1. The van der Waals surface area contributed by atoms with Crippen molar-refractivity contribution >= 4 is 27.1 Å². The highest BCUT2D eigenvalue weighted by molar-refractivity contribution is 7.16. The Morgan fingerprint density at radius 2 is 2.33 bits per heavy atom. The van der Waals surface area contributed by atoms with E-state index in [0.29, 0.717) is 0 Å². The van der Waals surface area contributed by atoms with Gasteiger partial charge in [0.25, 0.3) is 5.69 Å². The number of fused-ring (bicyclic) bond motifs is 1. The third-order valence-electron chi connectivity index (χ3n) is 1.59. The molecule has 1 heterocycles. The van der Waals surface area contributed by atoms with Gasteiger partial charge in [-0.25, -0.2) is 0 Å². The number of hydrogen-bond acceptors (Lipinski definition) is 3. The summed E-state index contributed by atoms with van der Waals surface area (Å²) in [7, 11) is 0. The van der Waals surface area contributed by atoms with Crippen molar-refractivity contribution in [2.24, 2.45) is 0 Å². The van der Waals surface area contributed by atoms with Gasteiger partial charge in [-0.15, -0.1) is 11.3 Å². The van der Waals surface area contributed by atoms with Crippen LogP contribution in [0.25, 0.3) is 10.1 Å². The molecule has 0 atom stereocenters. The Morgan fingerprint density at radius 1 is 1.50 bits per heavy atom. The molecule has 1 aromatic heterocycles. The van der Waals surface area contributed by atoms with Gasteiger partial charge in [0.15, 0.2) is 0 Å². The van der Waals surface area contributed by atoms with Crippen LogP contribution in [0.2, 0.25) is 0 Å². The molecule has 0 saturated carbocycles. The van der Waals surface area contributed by atoms with E-state index in [1.165, 1.54) is 17.4 Å². The van der Waals surface area contributed by atoms with Gasteiger partial charge in [0, 0.05) is 22.2 Å². The van der Waals surface area contributed by atoms with Gasteiger partial charge in [-0.3, -0.25) is 10.1 Å². The maximum atomic E-state index is 10.4. The van der Waals surface area contributed by atoms with Crippen molar-refractivity contribution in [3.05, 3.63) is 39.8 Å². The first-order valence-corrected chi connectivity index (χ1v) is 4.13. The van der Waals surface area contributed by atoms with Crippen molar-refractivity contribution in [3.63, 3.8) is 0 Å². The molecule has 0 bridgehead atoms. The third kappa shape index (κ3) is 1.06. The molecule has 0 saturated heterocycles. The van der Waals surface area contributed by atoms with E-state index in [4.69, 9.17) is 0 Å². The van der Waals surface area contributed by atoms with Crippen molar-refractivity contribution in [1.29, 1.82) is 0 Å². The minimum atomic E-state index is -0.392. The van der Waals surface area contributed by atoms with Gasteiger partial charge in [-0.2, -0.15) is 0 Å². The first-order chi connectivity index (χ1) is 5.77. The molecule has 0 aliphatic rings. The van der Waals surface area contributed by atoms with Crippen LogP contribution >= 0.6 is 11.3 Å². The predicted octanol–water partition coefficient (Wildman–Crippen LogP) is 2.61. The molecule has 3 nitrogen and oxygen atoms in total. The monoisotopic (exact) mass is 178 g/mol. The first kappa shape index (κ1) is 7.24. The molecule has 0 fully saturated rings. The molecular formula is C8H4NO2S. The number of nitro groups is 1. The summed E-state index contributed by atoms with van der Waals surface area (Å²) in [5.74, 6) is 0. The molecule has 0 spiro atoms. The second kappa shape index (κ2) is 2.57. The van der Waals surface area contributed by atoms with Crippen LogP contribution in [0.1, 0.15) is 0 Å². The molecule has 1 aromatic carbocycles. The van der Waals surface area contributed by atoms with E-state index >= 15 is 0 Å². The molecule has 2 rings (SSSR count). The Labute approximate surface area is 72.4 Å². The van der Waals surface area contributed by atoms with Crippen LogP contribution in [0, 0.1) is 15.5 Å². The van der Waals surface area contributed by atoms with Gasteiger partial charge in [0.1, 0.15) is 0 Å². The minimum Gasteiger partial charge on any atom is -0.258 e. The third-order valence-corrected chi connectivity index (χ3v) is 2.41. The molecule has 0 amide bonds. The van der Waals surface area contributed by atoms with Gasteiger partial charge in [-0.1, -0.05) is 0 Å². The molecular weight excluding hydrogens is 174 g/mol. The summed E-state index contributed by atoms with van der Waals surface area (Å²) in [4.78, 5) is 9.97. The van der Waals surface area contributed by atoms with E-state index in [1.54, 1.807) is 18.2 Å². The Balaban J connectivity index is 2.68. The van der Waals surface area contributed by atoms with Crippen LogP contribution < -0.4 is 0 Å². The molecule has 59 valence electrons. The number of hydrogen-bond donors (Lipinski definition) is 0. The molecule has 0 aliphatic carbocycles.